The summed E-state index contributed by atoms with van der Waals surface area (Å²) in [7, 11) is 0. The van der Waals surface area contributed by atoms with Crippen LogP contribution in [0.2, 0.25) is 0 Å². The molecule has 0 unspecified atom stereocenters. The molecule has 0 aliphatic rings. The van der Waals surface area contributed by atoms with Gasteiger partial charge in [0, 0.05) is 11.6 Å². The number of ether oxygens (including phenoxy) is 1. The molecule has 0 atom stereocenters. The maximum atomic E-state index is 14.2. The molecule has 0 rings (SSSR count). The fourth-order valence-electron chi connectivity index (χ4n) is 1.59. The number of rotatable bonds is 11. The fourth-order valence-corrected chi connectivity index (χ4v) is 1.59. The summed E-state index contributed by atoms with van der Waals surface area (Å²) < 4.78 is 111. The molecule has 0 bridgehead atoms. The Morgan fingerprint density at radius 3 is 1.70 bits per heavy atom. The molecule has 0 spiro atoms. The molecule has 0 aromatic heterocycles. The topological polar surface area (TPSA) is 9.23 Å². The van der Waals surface area contributed by atoms with Gasteiger partial charge in [-0.3, -0.25) is 0 Å². The zero-order valence-electron chi connectivity index (χ0n) is 18.0. The summed E-state index contributed by atoms with van der Waals surface area (Å²) in [5.74, 6) is -7.38. The van der Waals surface area contributed by atoms with E-state index >= 15 is 0 Å². The van der Waals surface area contributed by atoms with Crippen LogP contribution >= 0.6 is 0 Å². The average Bonchev–Trinajstić information content (AvgIpc) is 2.74. The highest BCUT2D eigenvalue weighted by atomic mass is 19.4. The van der Waals surface area contributed by atoms with Gasteiger partial charge in [0.2, 0.25) is 0 Å². The van der Waals surface area contributed by atoms with E-state index in [-0.39, 0.29) is 11.6 Å². The molecule has 0 fully saturated rings. The molecule has 0 aliphatic heterocycles. The third-order valence-corrected chi connectivity index (χ3v) is 3.61. The number of hydrogen-bond acceptors (Lipinski definition) is 1. The van der Waals surface area contributed by atoms with Gasteiger partial charge in [-0.05, 0) is 12.0 Å². The average molecular weight is 480 g/mol. The van der Waals surface area contributed by atoms with E-state index in [1.54, 1.807) is 6.92 Å². The van der Waals surface area contributed by atoms with E-state index in [1.807, 2.05) is 0 Å². The van der Waals surface area contributed by atoms with Crippen LogP contribution in [-0.2, 0) is 4.74 Å². The summed E-state index contributed by atoms with van der Waals surface area (Å²) in [5.41, 5.74) is -4.04. The van der Waals surface area contributed by atoms with Gasteiger partial charge in [-0.15, -0.1) is 13.2 Å². The van der Waals surface area contributed by atoms with Gasteiger partial charge in [-0.2, -0.15) is 22.0 Å². The van der Waals surface area contributed by atoms with Gasteiger partial charge in [0.25, 0.3) is 0 Å². The SMILES string of the molecule is C=C.C=C(/C=C\C(=C)C(=C)/C(F)=C(/F)C(=C)C(F)(F)OC(=C)/C=C(/F)C(=C)C(F)(F)F)CC. The van der Waals surface area contributed by atoms with Gasteiger partial charge >= 0.3 is 12.3 Å². The molecule has 33 heavy (non-hydrogen) atoms. The molecule has 0 aromatic rings. The van der Waals surface area contributed by atoms with Crippen LogP contribution in [0.5, 0.6) is 0 Å². The highest BCUT2D eigenvalue weighted by Crippen LogP contribution is 2.37. The van der Waals surface area contributed by atoms with E-state index in [0.29, 0.717) is 12.0 Å². The first kappa shape index (κ1) is 31.8. The zero-order valence-corrected chi connectivity index (χ0v) is 18.0. The molecule has 0 aromatic carbocycles. The minimum Gasteiger partial charge on any atom is -0.429 e. The van der Waals surface area contributed by atoms with Gasteiger partial charge < -0.3 is 4.74 Å². The Balaban J connectivity index is 0. The van der Waals surface area contributed by atoms with E-state index < -0.39 is 52.2 Å². The van der Waals surface area contributed by atoms with E-state index in [1.165, 1.54) is 12.2 Å². The number of hydrogen-bond donors (Lipinski definition) is 0. The second kappa shape index (κ2) is 13.2. The van der Waals surface area contributed by atoms with Crippen LogP contribution in [-0.4, -0.2) is 12.3 Å². The minimum atomic E-state index is -5.17. The monoisotopic (exact) mass is 480 g/mol. The molecule has 0 heterocycles. The second-order valence-corrected chi connectivity index (χ2v) is 6.01. The third kappa shape index (κ3) is 10.2. The largest absolute Gasteiger partial charge is 0.429 e. The molecule has 0 N–H and O–H groups in total. The zero-order chi connectivity index (χ0) is 26.7. The van der Waals surface area contributed by atoms with Gasteiger partial charge in [-0.25, -0.2) is 13.2 Å². The molecule has 0 radical (unpaired) electrons. The lowest BCUT2D eigenvalue weighted by molar-refractivity contribution is -0.178. The van der Waals surface area contributed by atoms with Crippen molar-refractivity contribution in [2.45, 2.75) is 25.6 Å². The van der Waals surface area contributed by atoms with Crippen molar-refractivity contribution in [3.05, 3.63) is 122 Å². The Bertz CT molecular complexity index is 911. The van der Waals surface area contributed by atoms with Crippen molar-refractivity contribution >= 4 is 0 Å². The van der Waals surface area contributed by atoms with E-state index in [9.17, 15) is 35.1 Å². The van der Waals surface area contributed by atoms with Gasteiger partial charge in [0.05, 0.1) is 11.1 Å². The summed E-state index contributed by atoms with van der Waals surface area (Å²) in [6.07, 6.45) is -6.78. The van der Waals surface area contributed by atoms with Crippen molar-refractivity contribution in [1.29, 1.82) is 0 Å². The van der Waals surface area contributed by atoms with Crippen molar-refractivity contribution in [3.8, 4) is 0 Å². The van der Waals surface area contributed by atoms with Crippen LogP contribution in [0.4, 0.5) is 35.1 Å². The first-order valence-electron chi connectivity index (χ1n) is 8.84. The van der Waals surface area contributed by atoms with E-state index in [4.69, 9.17) is 0 Å². The van der Waals surface area contributed by atoms with Gasteiger partial charge in [-0.1, -0.05) is 64.1 Å². The Labute approximate surface area is 188 Å². The quantitative estimate of drug-likeness (QED) is 0.124. The van der Waals surface area contributed by atoms with Crippen LogP contribution in [0.25, 0.3) is 0 Å². The predicted molar refractivity (Wildman–Crippen MR) is 116 cm³/mol. The molecular formula is C24H24F8O. The van der Waals surface area contributed by atoms with Crippen LogP contribution in [0, 0.1) is 0 Å². The molecular weight excluding hydrogens is 456 g/mol. The van der Waals surface area contributed by atoms with Crippen molar-refractivity contribution in [2.75, 3.05) is 0 Å². The van der Waals surface area contributed by atoms with E-state index in [2.05, 4.69) is 57.4 Å². The van der Waals surface area contributed by atoms with E-state index in [0.717, 1.165) is 0 Å². The molecule has 1 nitrogen and oxygen atoms in total. The van der Waals surface area contributed by atoms with Crippen molar-refractivity contribution in [1.82, 2.24) is 0 Å². The Morgan fingerprint density at radius 2 is 1.27 bits per heavy atom. The lowest BCUT2D eigenvalue weighted by Crippen LogP contribution is -2.23. The van der Waals surface area contributed by atoms with Crippen LogP contribution in [0.3, 0.4) is 0 Å². The highest BCUT2D eigenvalue weighted by molar-refractivity contribution is 5.50. The lowest BCUT2D eigenvalue weighted by Gasteiger charge is -2.20. The molecule has 0 saturated heterocycles. The second-order valence-electron chi connectivity index (χ2n) is 6.01. The molecule has 0 aliphatic carbocycles. The first-order valence-corrected chi connectivity index (χ1v) is 8.84. The number of allylic oxidation sites excluding steroid dienone is 9. The number of alkyl halides is 5. The minimum absolute atomic E-state index is 0.138. The van der Waals surface area contributed by atoms with Crippen LogP contribution in [0.1, 0.15) is 13.3 Å². The molecule has 0 amide bonds. The maximum absolute atomic E-state index is 14.2. The summed E-state index contributed by atoms with van der Waals surface area (Å²) in [4.78, 5) is 0. The summed E-state index contributed by atoms with van der Waals surface area (Å²) in [6.45, 7) is 25.9. The highest BCUT2D eigenvalue weighted by Gasteiger charge is 2.41. The van der Waals surface area contributed by atoms with Gasteiger partial charge in [0.1, 0.15) is 11.6 Å². The van der Waals surface area contributed by atoms with Crippen molar-refractivity contribution in [3.63, 3.8) is 0 Å². The fraction of sp³-hybridized carbons (Fsp3) is 0.167. The summed E-state index contributed by atoms with van der Waals surface area (Å²) in [6, 6.07) is 0. The van der Waals surface area contributed by atoms with Crippen molar-refractivity contribution < 1.29 is 39.9 Å². The lowest BCUT2D eigenvalue weighted by atomic mass is 10.0. The first-order chi connectivity index (χ1) is 15.0. The summed E-state index contributed by atoms with van der Waals surface area (Å²) in [5, 5.41) is 0. The normalized spacial score (nSPS) is 12.8. The Kier molecular flexibility index (Phi) is 12.8. The maximum Gasteiger partial charge on any atom is 0.429 e. The Hall–Kier alpha value is -3.36. The third-order valence-electron chi connectivity index (χ3n) is 3.61. The molecule has 0 saturated carbocycles. The van der Waals surface area contributed by atoms with Crippen molar-refractivity contribution in [2.24, 2.45) is 0 Å². The Morgan fingerprint density at radius 1 is 0.788 bits per heavy atom. The molecule has 182 valence electrons. The molecule has 9 heteroatoms. The standard InChI is InChI=1S/C22H20F8O.C2H4/c1-8-12(2)9-10-13(3)15(5)19(24)20(25)17(7)22(29,30)31-14(4)11-18(23)16(6)21(26,27)28;1-2/h9-11H,2-8H2,1H3;1-2H2/b10-9-,18-11+,20-19-;. The summed E-state index contributed by atoms with van der Waals surface area (Å²) >= 11 is 0. The van der Waals surface area contributed by atoms with Crippen LogP contribution in [0.15, 0.2) is 122 Å². The predicted octanol–water partition coefficient (Wildman–Crippen LogP) is 9.23. The van der Waals surface area contributed by atoms with Gasteiger partial charge in [0.15, 0.2) is 11.7 Å². The number of halogens is 8. The van der Waals surface area contributed by atoms with Crippen LogP contribution < -0.4 is 0 Å². The smallest absolute Gasteiger partial charge is 0.429 e.